The van der Waals surface area contributed by atoms with E-state index in [-0.39, 0.29) is 23.4 Å². The molecule has 162 valence electrons. The predicted molar refractivity (Wildman–Crippen MR) is 126 cm³/mol. The first-order valence-electron chi connectivity index (χ1n) is 11.2. The maximum absolute atomic E-state index is 13.4. The lowest BCUT2D eigenvalue weighted by atomic mass is 9.72. The maximum atomic E-state index is 13.4. The van der Waals surface area contributed by atoms with Gasteiger partial charge in [0.25, 0.3) is 5.56 Å². The Kier molecular flexibility index (Phi) is 5.00. The fourth-order valence-corrected chi connectivity index (χ4v) is 6.33. The average Bonchev–Trinajstić information content (AvgIpc) is 3.13. The second-order valence-corrected chi connectivity index (χ2v) is 11.0. The van der Waals surface area contributed by atoms with Gasteiger partial charge in [-0.05, 0) is 60.6 Å². The number of hydrogen-bond acceptors (Lipinski definition) is 4. The summed E-state index contributed by atoms with van der Waals surface area (Å²) in [6.07, 6.45) is 6.53. The summed E-state index contributed by atoms with van der Waals surface area (Å²) in [5.74, 6) is 0.573. The quantitative estimate of drug-likeness (QED) is 0.592. The third-order valence-electron chi connectivity index (χ3n) is 6.98. The summed E-state index contributed by atoms with van der Waals surface area (Å²) >= 11 is 1.66. The van der Waals surface area contributed by atoms with Crippen LogP contribution in [0, 0.1) is 11.3 Å². The Labute approximate surface area is 186 Å². The molecule has 0 fully saturated rings. The highest BCUT2D eigenvalue weighted by Crippen LogP contribution is 2.42. The SMILES string of the molecule is CC(C)(C)[C@@H]1CCc2c(sc3ncn(CC(=O)N4CCCc5ccccc54)c(=O)c23)C1. The van der Waals surface area contributed by atoms with Gasteiger partial charge in [-0.2, -0.15) is 0 Å². The minimum absolute atomic E-state index is 0.0331. The van der Waals surface area contributed by atoms with Crippen LogP contribution >= 0.6 is 11.3 Å². The molecular weight excluding hydrogens is 406 g/mol. The van der Waals surface area contributed by atoms with E-state index in [2.05, 4.69) is 31.8 Å². The van der Waals surface area contributed by atoms with Gasteiger partial charge in [0, 0.05) is 17.1 Å². The van der Waals surface area contributed by atoms with Gasteiger partial charge >= 0.3 is 0 Å². The van der Waals surface area contributed by atoms with Crippen LogP contribution in [-0.2, 0) is 30.6 Å². The van der Waals surface area contributed by atoms with Gasteiger partial charge in [-0.1, -0.05) is 39.0 Å². The van der Waals surface area contributed by atoms with Gasteiger partial charge in [0.05, 0.1) is 11.7 Å². The van der Waals surface area contributed by atoms with Crippen molar-refractivity contribution in [3.05, 3.63) is 57.0 Å². The lowest BCUT2D eigenvalue weighted by molar-refractivity contribution is -0.119. The summed E-state index contributed by atoms with van der Waals surface area (Å²) in [4.78, 5) is 35.0. The molecule has 1 atom stereocenters. The summed E-state index contributed by atoms with van der Waals surface area (Å²) in [5, 5.41) is 0.738. The maximum Gasteiger partial charge on any atom is 0.262 e. The Bertz CT molecular complexity index is 1220. The molecule has 0 unspecified atom stereocenters. The molecule has 0 saturated heterocycles. The Morgan fingerprint density at radius 3 is 2.84 bits per heavy atom. The van der Waals surface area contributed by atoms with Crippen LogP contribution in [0.15, 0.2) is 35.4 Å². The highest BCUT2D eigenvalue weighted by atomic mass is 32.1. The monoisotopic (exact) mass is 435 g/mol. The molecule has 5 nitrogen and oxygen atoms in total. The Hall–Kier alpha value is -2.47. The summed E-state index contributed by atoms with van der Waals surface area (Å²) in [5.41, 5.74) is 3.53. The average molecular weight is 436 g/mol. The molecule has 1 aliphatic carbocycles. The number of thiophene rings is 1. The Morgan fingerprint density at radius 2 is 2.03 bits per heavy atom. The first kappa shape index (κ1) is 20.4. The van der Waals surface area contributed by atoms with Crippen LogP contribution in [0.3, 0.4) is 0 Å². The Balaban J connectivity index is 1.45. The molecular formula is C25H29N3O2S. The van der Waals surface area contributed by atoms with Crippen molar-refractivity contribution in [1.29, 1.82) is 0 Å². The topological polar surface area (TPSA) is 55.2 Å². The second-order valence-electron chi connectivity index (χ2n) is 9.94. The lowest BCUT2D eigenvalue weighted by Crippen LogP contribution is -2.39. The van der Waals surface area contributed by atoms with Gasteiger partial charge in [0.1, 0.15) is 11.4 Å². The number of fused-ring (bicyclic) bond motifs is 4. The predicted octanol–water partition coefficient (Wildman–Crippen LogP) is 4.59. The number of amides is 1. The van der Waals surface area contributed by atoms with Crippen molar-refractivity contribution in [2.45, 2.75) is 59.4 Å². The third kappa shape index (κ3) is 3.61. The van der Waals surface area contributed by atoms with E-state index >= 15 is 0 Å². The number of nitrogens with zero attached hydrogens (tertiary/aromatic N) is 3. The van der Waals surface area contributed by atoms with Crippen molar-refractivity contribution < 1.29 is 4.79 Å². The van der Waals surface area contributed by atoms with Crippen LogP contribution in [0.5, 0.6) is 0 Å². The first-order valence-corrected chi connectivity index (χ1v) is 12.0. The van der Waals surface area contributed by atoms with Gasteiger partial charge in [-0.3, -0.25) is 14.2 Å². The molecule has 1 aliphatic heterocycles. The van der Waals surface area contributed by atoms with E-state index in [1.54, 1.807) is 17.7 Å². The number of aromatic nitrogens is 2. The van der Waals surface area contributed by atoms with Crippen LogP contribution in [-0.4, -0.2) is 22.0 Å². The van der Waals surface area contributed by atoms with Crippen molar-refractivity contribution in [2.75, 3.05) is 11.4 Å². The van der Waals surface area contributed by atoms with Crippen LogP contribution < -0.4 is 10.5 Å². The highest BCUT2D eigenvalue weighted by Gasteiger charge is 2.32. The highest BCUT2D eigenvalue weighted by molar-refractivity contribution is 7.18. The van der Waals surface area contributed by atoms with Crippen LogP contribution in [0.1, 0.15) is 49.6 Å². The van der Waals surface area contributed by atoms with Gasteiger partial charge in [-0.25, -0.2) is 4.98 Å². The van der Waals surface area contributed by atoms with Crippen LogP contribution in [0.4, 0.5) is 5.69 Å². The molecule has 0 N–H and O–H groups in total. The molecule has 3 aromatic rings. The van der Waals surface area contributed by atoms with Gasteiger partial charge in [-0.15, -0.1) is 11.3 Å². The number of benzene rings is 1. The van der Waals surface area contributed by atoms with E-state index in [0.717, 1.165) is 48.0 Å². The van der Waals surface area contributed by atoms with Gasteiger partial charge in [0.15, 0.2) is 0 Å². The second kappa shape index (κ2) is 7.59. The fraction of sp³-hybridized carbons (Fsp3) is 0.480. The lowest BCUT2D eigenvalue weighted by Gasteiger charge is -2.33. The Morgan fingerprint density at radius 1 is 1.23 bits per heavy atom. The van der Waals surface area contributed by atoms with E-state index < -0.39 is 0 Å². The minimum Gasteiger partial charge on any atom is -0.311 e. The standard InChI is InChI=1S/C25H29N3O2S/c1-25(2,3)17-10-11-18-20(13-17)31-23-22(18)24(30)27(15-26-23)14-21(29)28-12-6-8-16-7-4-5-9-19(16)28/h4-5,7,9,15,17H,6,8,10-14H2,1-3H3/t17-/m1/s1. The van der Waals surface area contributed by atoms with Crippen molar-refractivity contribution >= 4 is 33.1 Å². The summed E-state index contributed by atoms with van der Waals surface area (Å²) in [6.45, 7) is 7.62. The van der Waals surface area contributed by atoms with Crippen LogP contribution in [0.25, 0.3) is 10.2 Å². The number of anilines is 1. The van der Waals surface area contributed by atoms with Gasteiger partial charge in [0.2, 0.25) is 5.91 Å². The molecule has 1 aromatic carbocycles. The van der Waals surface area contributed by atoms with Crippen molar-refractivity contribution in [2.24, 2.45) is 11.3 Å². The number of carbonyl (C=O) groups is 1. The van der Waals surface area contributed by atoms with Crippen molar-refractivity contribution in [3.63, 3.8) is 0 Å². The van der Waals surface area contributed by atoms with Crippen molar-refractivity contribution in [1.82, 2.24) is 9.55 Å². The largest absolute Gasteiger partial charge is 0.311 e. The molecule has 3 heterocycles. The summed E-state index contributed by atoms with van der Waals surface area (Å²) in [6, 6.07) is 8.06. The molecule has 0 spiro atoms. The molecule has 0 bridgehead atoms. The normalized spacial score (nSPS) is 18.7. The fourth-order valence-electron chi connectivity index (χ4n) is 5.08. The molecule has 2 aliphatic rings. The van der Waals surface area contributed by atoms with Crippen molar-refractivity contribution in [3.8, 4) is 0 Å². The zero-order valence-corrected chi connectivity index (χ0v) is 19.3. The molecule has 2 aromatic heterocycles. The smallest absolute Gasteiger partial charge is 0.262 e. The van der Waals surface area contributed by atoms with E-state index in [1.165, 1.54) is 20.6 Å². The number of carbonyl (C=O) groups excluding carboxylic acids is 1. The molecule has 0 radical (unpaired) electrons. The molecule has 1 amide bonds. The number of para-hydroxylation sites is 1. The number of rotatable bonds is 2. The first-order chi connectivity index (χ1) is 14.8. The number of hydrogen-bond donors (Lipinski definition) is 0. The molecule has 0 saturated carbocycles. The third-order valence-corrected chi connectivity index (χ3v) is 8.14. The zero-order chi connectivity index (χ0) is 21.8. The molecule has 31 heavy (non-hydrogen) atoms. The van der Waals surface area contributed by atoms with Crippen LogP contribution in [0.2, 0.25) is 0 Å². The minimum atomic E-state index is -0.0737. The summed E-state index contributed by atoms with van der Waals surface area (Å²) in [7, 11) is 0. The zero-order valence-electron chi connectivity index (χ0n) is 18.5. The van der Waals surface area contributed by atoms with E-state index in [0.29, 0.717) is 12.5 Å². The van der Waals surface area contributed by atoms with E-state index in [4.69, 9.17) is 0 Å². The molecule has 6 heteroatoms. The molecule has 5 rings (SSSR count). The number of aryl methyl sites for hydroxylation is 2. The van der Waals surface area contributed by atoms with E-state index in [1.807, 2.05) is 23.1 Å². The summed E-state index contributed by atoms with van der Waals surface area (Å²) < 4.78 is 1.50. The van der Waals surface area contributed by atoms with E-state index in [9.17, 15) is 9.59 Å². The van der Waals surface area contributed by atoms with Gasteiger partial charge < -0.3 is 4.90 Å².